The third-order valence-corrected chi connectivity index (χ3v) is 5.41. The first-order chi connectivity index (χ1) is 15.8. The molecule has 0 bridgehead atoms. The molecule has 0 aromatic heterocycles. The lowest BCUT2D eigenvalue weighted by atomic mass is 9.95. The van der Waals surface area contributed by atoms with Crippen molar-refractivity contribution in [3.8, 4) is 11.5 Å². The highest BCUT2D eigenvalue weighted by Crippen LogP contribution is 2.41. The first kappa shape index (κ1) is 24.3. The van der Waals surface area contributed by atoms with Crippen LogP contribution < -0.4 is 9.47 Å². The van der Waals surface area contributed by atoms with Gasteiger partial charge >= 0.3 is 0 Å². The summed E-state index contributed by atoms with van der Waals surface area (Å²) in [6, 6.07) is 9.49. The monoisotopic (exact) mass is 456 g/mol. The smallest absolute Gasteiger partial charge is 0.295 e. The zero-order valence-electron chi connectivity index (χ0n) is 19.3. The molecule has 2 aromatic carbocycles. The number of halogens is 1. The predicted octanol–water partition coefficient (Wildman–Crippen LogP) is 3.61. The average molecular weight is 457 g/mol. The number of carbonyl (C=O) groups excluding carboxylic acids is 2. The molecule has 0 spiro atoms. The van der Waals surface area contributed by atoms with Crippen molar-refractivity contribution < 1.29 is 28.6 Å². The van der Waals surface area contributed by atoms with Crippen LogP contribution in [0.25, 0.3) is 5.76 Å². The molecule has 2 aromatic rings. The largest absolute Gasteiger partial charge is 0.507 e. The maximum atomic E-state index is 13.4. The van der Waals surface area contributed by atoms with Gasteiger partial charge in [-0.25, -0.2) is 4.39 Å². The second kappa shape index (κ2) is 10.5. The van der Waals surface area contributed by atoms with E-state index in [2.05, 4.69) is 0 Å². The summed E-state index contributed by atoms with van der Waals surface area (Å²) in [6.45, 7) is 3.31. The molecule has 1 saturated heterocycles. The molecule has 0 saturated carbocycles. The molecule has 1 aliphatic rings. The summed E-state index contributed by atoms with van der Waals surface area (Å²) in [5, 5.41) is 11.0. The van der Waals surface area contributed by atoms with Crippen molar-refractivity contribution >= 4 is 17.4 Å². The quantitative estimate of drug-likeness (QED) is 0.353. The van der Waals surface area contributed by atoms with Crippen LogP contribution in [-0.2, 0) is 9.59 Å². The van der Waals surface area contributed by atoms with Gasteiger partial charge in [-0.3, -0.25) is 9.59 Å². The molecule has 1 aliphatic heterocycles. The number of aliphatic hydroxyl groups is 1. The van der Waals surface area contributed by atoms with Gasteiger partial charge in [-0.15, -0.1) is 0 Å². The number of aliphatic hydroxyl groups excluding tert-OH is 1. The van der Waals surface area contributed by atoms with Gasteiger partial charge in [0.1, 0.15) is 11.6 Å². The van der Waals surface area contributed by atoms with Crippen LogP contribution in [0.2, 0.25) is 0 Å². The molecular formula is C25H29FN2O5. The van der Waals surface area contributed by atoms with Gasteiger partial charge in [-0.1, -0.05) is 13.0 Å². The van der Waals surface area contributed by atoms with E-state index in [4.69, 9.17) is 9.47 Å². The molecule has 1 fully saturated rings. The fourth-order valence-corrected chi connectivity index (χ4v) is 3.71. The lowest BCUT2D eigenvalue weighted by molar-refractivity contribution is -0.140. The van der Waals surface area contributed by atoms with Gasteiger partial charge in [0, 0.05) is 18.7 Å². The van der Waals surface area contributed by atoms with Crippen LogP contribution in [0.5, 0.6) is 11.5 Å². The molecule has 1 atom stereocenters. The SMILES string of the molecule is CCCOc1ccc(C2/C(=C(/O)c3ccc(F)cc3)C(=O)C(=O)N2CCN(C)C)cc1OC. The summed E-state index contributed by atoms with van der Waals surface area (Å²) in [4.78, 5) is 29.3. The van der Waals surface area contributed by atoms with Crippen molar-refractivity contribution in [2.75, 3.05) is 40.9 Å². The molecule has 0 radical (unpaired) electrons. The Kier molecular flexibility index (Phi) is 7.71. The van der Waals surface area contributed by atoms with E-state index in [9.17, 15) is 19.1 Å². The van der Waals surface area contributed by atoms with Crippen LogP contribution >= 0.6 is 0 Å². The minimum atomic E-state index is -0.830. The highest BCUT2D eigenvalue weighted by Gasteiger charge is 2.46. The van der Waals surface area contributed by atoms with E-state index in [0.29, 0.717) is 30.2 Å². The van der Waals surface area contributed by atoms with E-state index < -0.39 is 23.5 Å². The van der Waals surface area contributed by atoms with Crippen molar-refractivity contribution in [2.45, 2.75) is 19.4 Å². The number of hydrogen-bond acceptors (Lipinski definition) is 6. The Morgan fingerprint density at radius 1 is 1.12 bits per heavy atom. The van der Waals surface area contributed by atoms with Crippen LogP contribution in [0.15, 0.2) is 48.0 Å². The number of rotatable bonds is 9. The number of hydrogen-bond donors (Lipinski definition) is 1. The van der Waals surface area contributed by atoms with Crippen molar-refractivity contribution in [3.63, 3.8) is 0 Å². The van der Waals surface area contributed by atoms with Gasteiger partial charge in [-0.05, 0) is 62.5 Å². The summed E-state index contributed by atoms with van der Waals surface area (Å²) in [5.41, 5.74) is 0.800. The zero-order valence-corrected chi connectivity index (χ0v) is 19.3. The van der Waals surface area contributed by atoms with E-state index in [-0.39, 0.29) is 23.4 Å². The van der Waals surface area contributed by atoms with Crippen molar-refractivity contribution in [1.29, 1.82) is 0 Å². The van der Waals surface area contributed by atoms with Crippen molar-refractivity contribution in [2.24, 2.45) is 0 Å². The van der Waals surface area contributed by atoms with Crippen LogP contribution in [0.4, 0.5) is 4.39 Å². The number of ether oxygens (including phenoxy) is 2. The van der Waals surface area contributed by atoms with Crippen molar-refractivity contribution in [1.82, 2.24) is 9.80 Å². The second-order valence-corrected chi connectivity index (χ2v) is 8.06. The van der Waals surface area contributed by atoms with Gasteiger partial charge in [0.25, 0.3) is 11.7 Å². The molecule has 1 N–H and O–H groups in total. The first-order valence-corrected chi connectivity index (χ1v) is 10.8. The molecule has 8 heteroatoms. The number of Topliss-reactive ketones (excluding diaryl/α,β-unsaturated/α-hetero) is 1. The Morgan fingerprint density at radius 2 is 1.82 bits per heavy atom. The highest BCUT2D eigenvalue weighted by atomic mass is 19.1. The van der Waals surface area contributed by atoms with Crippen LogP contribution in [0.1, 0.15) is 30.5 Å². The average Bonchev–Trinajstić information content (AvgIpc) is 3.06. The summed E-state index contributed by atoms with van der Waals surface area (Å²) in [6.07, 6.45) is 0.827. The Balaban J connectivity index is 2.14. The van der Waals surface area contributed by atoms with Crippen LogP contribution in [0, 0.1) is 5.82 Å². The molecule has 1 amide bonds. The van der Waals surface area contributed by atoms with Gasteiger partial charge in [0.15, 0.2) is 11.5 Å². The van der Waals surface area contributed by atoms with Crippen molar-refractivity contribution in [3.05, 3.63) is 65.0 Å². The third-order valence-electron chi connectivity index (χ3n) is 5.41. The molecule has 1 unspecified atom stereocenters. The van der Waals surface area contributed by atoms with E-state index in [1.807, 2.05) is 25.9 Å². The molecule has 3 rings (SSSR count). The predicted molar refractivity (Wildman–Crippen MR) is 123 cm³/mol. The van der Waals surface area contributed by atoms with E-state index in [1.54, 1.807) is 18.2 Å². The maximum absolute atomic E-state index is 13.4. The fourth-order valence-electron chi connectivity index (χ4n) is 3.71. The highest BCUT2D eigenvalue weighted by molar-refractivity contribution is 6.46. The normalized spacial score (nSPS) is 17.6. The minimum absolute atomic E-state index is 0.0466. The molecule has 0 aliphatic carbocycles. The fraction of sp³-hybridized carbons (Fsp3) is 0.360. The number of likely N-dealkylation sites (N-methyl/N-ethyl adjacent to an activating group) is 1. The number of ketones is 1. The number of carbonyl (C=O) groups is 2. The number of methoxy groups -OCH3 is 1. The summed E-state index contributed by atoms with van der Waals surface area (Å²) in [7, 11) is 5.25. The standard InChI is InChI=1S/C25H29FN2O5/c1-5-14-33-19-11-8-17(15-20(19)32-4)22-21(23(29)16-6-9-18(26)10-7-16)24(30)25(31)28(22)13-12-27(2)3/h6-11,15,22,29H,5,12-14H2,1-4H3/b23-21-. The Morgan fingerprint density at radius 3 is 2.42 bits per heavy atom. The second-order valence-electron chi connectivity index (χ2n) is 8.06. The Hall–Kier alpha value is -3.39. The van der Waals surface area contributed by atoms with E-state index in [1.165, 1.54) is 36.3 Å². The molecule has 1 heterocycles. The number of nitrogens with zero attached hydrogens (tertiary/aromatic N) is 2. The van der Waals surface area contributed by atoms with E-state index in [0.717, 1.165) is 6.42 Å². The van der Waals surface area contributed by atoms with Gasteiger partial charge in [0.2, 0.25) is 0 Å². The zero-order chi connectivity index (χ0) is 24.1. The Labute approximate surface area is 193 Å². The third kappa shape index (κ3) is 5.17. The maximum Gasteiger partial charge on any atom is 0.295 e. The summed E-state index contributed by atoms with van der Waals surface area (Å²) in [5.74, 6) is -1.30. The minimum Gasteiger partial charge on any atom is -0.507 e. The molecular weight excluding hydrogens is 427 g/mol. The molecule has 176 valence electrons. The molecule has 7 nitrogen and oxygen atoms in total. The van der Waals surface area contributed by atoms with Gasteiger partial charge < -0.3 is 24.4 Å². The number of amides is 1. The summed E-state index contributed by atoms with van der Waals surface area (Å²) < 4.78 is 24.6. The van der Waals surface area contributed by atoms with E-state index >= 15 is 0 Å². The number of benzene rings is 2. The summed E-state index contributed by atoms with van der Waals surface area (Å²) >= 11 is 0. The Bertz CT molecular complexity index is 1050. The lowest BCUT2D eigenvalue weighted by Crippen LogP contribution is -2.35. The first-order valence-electron chi connectivity index (χ1n) is 10.8. The molecule has 33 heavy (non-hydrogen) atoms. The topological polar surface area (TPSA) is 79.3 Å². The van der Waals surface area contributed by atoms with Gasteiger partial charge in [0.05, 0.1) is 25.3 Å². The van der Waals surface area contributed by atoms with Gasteiger partial charge in [-0.2, -0.15) is 0 Å². The van der Waals surface area contributed by atoms with Crippen LogP contribution in [-0.4, -0.2) is 67.5 Å². The number of likely N-dealkylation sites (tertiary alicyclic amines) is 1. The lowest BCUT2D eigenvalue weighted by Gasteiger charge is -2.27. The van der Waals surface area contributed by atoms with Crippen LogP contribution in [0.3, 0.4) is 0 Å².